The van der Waals surface area contributed by atoms with Crippen molar-refractivity contribution in [2.24, 2.45) is 0 Å². The van der Waals surface area contributed by atoms with Gasteiger partial charge in [0.25, 0.3) is 0 Å². The number of carboxylic acid groups (broad SMARTS) is 2. The summed E-state index contributed by atoms with van der Waals surface area (Å²) in [7, 11) is 0. The van der Waals surface area contributed by atoms with Gasteiger partial charge in [-0.2, -0.15) is 0 Å². The van der Waals surface area contributed by atoms with Gasteiger partial charge < -0.3 is 20.4 Å². The molecule has 31 heavy (non-hydrogen) atoms. The molecule has 1 fully saturated rings. The molecule has 1 aromatic heterocycles. The Kier molecular flexibility index (Phi) is 7.59. The molecule has 8 heteroatoms. The fourth-order valence-corrected chi connectivity index (χ4v) is 3.35. The number of hydrogen-bond donors (Lipinski definition) is 3. The summed E-state index contributed by atoms with van der Waals surface area (Å²) in [5.74, 6) is -1.46. The molecule has 0 unspecified atom stereocenters. The van der Waals surface area contributed by atoms with E-state index in [1.807, 2.05) is 18.2 Å². The van der Waals surface area contributed by atoms with Crippen molar-refractivity contribution in [2.75, 3.05) is 31.1 Å². The van der Waals surface area contributed by atoms with Crippen LogP contribution in [0.25, 0.3) is 22.0 Å². The first-order valence-electron chi connectivity index (χ1n) is 9.69. The first kappa shape index (κ1) is 22.3. The van der Waals surface area contributed by atoms with Crippen LogP contribution in [0.15, 0.2) is 66.7 Å². The average molecular weight is 440 g/mol. The van der Waals surface area contributed by atoms with E-state index < -0.39 is 11.9 Å². The summed E-state index contributed by atoms with van der Waals surface area (Å²) in [5, 5.41) is 20.9. The van der Waals surface area contributed by atoms with Gasteiger partial charge in [0.15, 0.2) is 0 Å². The van der Waals surface area contributed by atoms with Crippen LogP contribution in [-0.4, -0.2) is 53.3 Å². The first-order chi connectivity index (χ1) is 14.9. The predicted octanol–water partition coefficient (Wildman–Crippen LogP) is 3.68. The number of nitrogens with zero attached hydrogens (tertiary/aromatic N) is 2. The Hall–Kier alpha value is -3.42. The average Bonchev–Trinajstić information content (AvgIpc) is 2.78. The Morgan fingerprint density at radius 2 is 1.58 bits per heavy atom. The van der Waals surface area contributed by atoms with E-state index in [-0.39, 0.29) is 0 Å². The smallest absolute Gasteiger partial charge is 0.328 e. The quantitative estimate of drug-likeness (QED) is 0.533. The molecular weight excluding hydrogens is 418 g/mol. The highest BCUT2D eigenvalue weighted by Gasteiger charge is 2.15. The van der Waals surface area contributed by atoms with Gasteiger partial charge in [0.2, 0.25) is 0 Å². The van der Waals surface area contributed by atoms with E-state index in [4.69, 9.17) is 26.8 Å². The van der Waals surface area contributed by atoms with Crippen LogP contribution in [0.2, 0.25) is 5.02 Å². The molecule has 2 heterocycles. The van der Waals surface area contributed by atoms with E-state index in [0.29, 0.717) is 12.2 Å². The number of fused-ring (bicyclic) bond motifs is 1. The largest absolute Gasteiger partial charge is 0.478 e. The summed E-state index contributed by atoms with van der Waals surface area (Å²) in [4.78, 5) is 26.3. The highest BCUT2D eigenvalue weighted by molar-refractivity contribution is 6.30. The molecule has 0 radical (unpaired) electrons. The maximum atomic E-state index is 9.55. The second kappa shape index (κ2) is 10.6. The number of hydrogen-bond acceptors (Lipinski definition) is 5. The van der Waals surface area contributed by atoms with Crippen molar-refractivity contribution in [3.05, 3.63) is 71.8 Å². The number of rotatable bonds is 4. The Bertz CT molecular complexity index is 1080. The number of pyridine rings is 1. The highest BCUT2D eigenvalue weighted by atomic mass is 35.5. The Morgan fingerprint density at radius 1 is 0.968 bits per heavy atom. The fraction of sp³-hybridized carbons (Fsp3) is 0.174. The molecule has 1 saturated heterocycles. The maximum absolute atomic E-state index is 9.55. The molecule has 1 aliphatic heterocycles. The van der Waals surface area contributed by atoms with Crippen molar-refractivity contribution >= 4 is 40.3 Å². The lowest BCUT2D eigenvalue weighted by Gasteiger charge is -2.29. The predicted molar refractivity (Wildman–Crippen MR) is 122 cm³/mol. The number of carboxylic acids is 2. The van der Waals surface area contributed by atoms with Gasteiger partial charge >= 0.3 is 11.9 Å². The number of benzene rings is 2. The van der Waals surface area contributed by atoms with Gasteiger partial charge in [-0.1, -0.05) is 41.9 Å². The minimum absolute atomic E-state index is 0.558. The zero-order valence-electron chi connectivity index (χ0n) is 16.7. The third-order valence-electron chi connectivity index (χ3n) is 4.67. The molecule has 2 aromatic carbocycles. The van der Waals surface area contributed by atoms with E-state index in [1.165, 1.54) is 16.5 Å². The summed E-state index contributed by atoms with van der Waals surface area (Å²) >= 11 is 6.04. The number of anilines is 1. The van der Waals surface area contributed by atoms with E-state index in [1.54, 1.807) is 0 Å². The number of halogens is 1. The number of aliphatic carboxylic acids is 2. The van der Waals surface area contributed by atoms with Crippen molar-refractivity contribution in [3.8, 4) is 11.1 Å². The molecule has 0 saturated carbocycles. The van der Waals surface area contributed by atoms with Crippen LogP contribution in [0, 0.1) is 0 Å². The van der Waals surface area contributed by atoms with Crippen LogP contribution >= 0.6 is 11.6 Å². The van der Waals surface area contributed by atoms with Crippen LogP contribution in [0.3, 0.4) is 0 Å². The lowest BCUT2D eigenvalue weighted by Crippen LogP contribution is -2.43. The van der Waals surface area contributed by atoms with E-state index >= 15 is 0 Å². The summed E-state index contributed by atoms with van der Waals surface area (Å²) in [6.07, 6.45) is 1.12. The van der Waals surface area contributed by atoms with Crippen molar-refractivity contribution in [1.29, 1.82) is 0 Å². The molecule has 0 spiro atoms. The standard InChI is InChI=1S/C19H18ClN3.C4H4O4/c20-15-7-5-14(6-8-15)17-13-19(23-11-9-21-10-12-23)22-18-4-2-1-3-16(17)18;5-3(6)1-2-4(7)8/h1-8,13,21H,9-12H2;1-2H,(H,5,6)(H,7,8)/b;2-1-. The van der Waals surface area contributed by atoms with Crippen LogP contribution in [0.1, 0.15) is 0 Å². The topological polar surface area (TPSA) is 103 Å². The van der Waals surface area contributed by atoms with Crippen molar-refractivity contribution in [3.63, 3.8) is 0 Å². The highest BCUT2D eigenvalue weighted by Crippen LogP contribution is 2.32. The number of piperazine rings is 1. The van der Waals surface area contributed by atoms with Gasteiger partial charge in [0.1, 0.15) is 5.82 Å². The molecule has 0 amide bonds. The van der Waals surface area contributed by atoms with E-state index in [9.17, 15) is 9.59 Å². The summed E-state index contributed by atoms with van der Waals surface area (Å²) < 4.78 is 0. The van der Waals surface area contributed by atoms with Gasteiger partial charge in [-0.15, -0.1) is 0 Å². The normalized spacial score (nSPS) is 13.6. The van der Waals surface area contributed by atoms with Gasteiger partial charge in [-0.3, -0.25) is 0 Å². The molecule has 3 N–H and O–H groups in total. The van der Waals surface area contributed by atoms with Crippen LogP contribution < -0.4 is 10.2 Å². The molecule has 0 atom stereocenters. The molecule has 7 nitrogen and oxygen atoms in total. The lowest BCUT2D eigenvalue weighted by molar-refractivity contribution is -0.134. The summed E-state index contributed by atoms with van der Waals surface area (Å²) in [6.45, 7) is 3.99. The van der Waals surface area contributed by atoms with Gasteiger partial charge in [0, 0.05) is 48.7 Å². The third kappa shape index (κ3) is 6.28. The van der Waals surface area contributed by atoms with Crippen LogP contribution in [0.5, 0.6) is 0 Å². The Morgan fingerprint density at radius 3 is 2.19 bits per heavy atom. The first-order valence-corrected chi connectivity index (χ1v) is 10.1. The van der Waals surface area contributed by atoms with E-state index in [2.05, 4.69) is 46.6 Å². The van der Waals surface area contributed by atoms with Crippen LogP contribution in [0.4, 0.5) is 5.82 Å². The zero-order valence-corrected chi connectivity index (χ0v) is 17.4. The second-order valence-electron chi connectivity index (χ2n) is 6.80. The molecule has 160 valence electrons. The molecule has 3 aromatic rings. The third-order valence-corrected chi connectivity index (χ3v) is 4.92. The summed E-state index contributed by atoms with van der Waals surface area (Å²) in [5.41, 5.74) is 3.42. The number of carbonyl (C=O) groups is 2. The SMILES string of the molecule is Clc1ccc(-c2cc(N3CCNCC3)nc3ccccc23)cc1.O=C(O)/C=C\C(=O)O. The van der Waals surface area contributed by atoms with Crippen LogP contribution in [-0.2, 0) is 9.59 Å². The monoisotopic (exact) mass is 439 g/mol. The lowest BCUT2D eigenvalue weighted by atomic mass is 10.0. The molecular formula is C23H22ClN3O4. The molecule has 4 rings (SSSR count). The van der Waals surface area contributed by atoms with Gasteiger partial charge in [-0.05, 0) is 35.4 Å². The molecule has 1 aliphatic rings. The van der Waals surface area contributed by atoms with Gasteiger partial charge in [0.05, 0.1) is 5.52 Å². The Labute approximate surface area is 184 Å². The fourth-order valence-electron chi connectivity index (χ4n) is 3.23. The minimum atomic E-state index is -1.26. The number of aromatic nitrogens is 1. The number of para-hydroxylation sites is 1. The van der Waals surface area contributed by atoms with Crippen molar-refractivity contribution in [1.82, 2.24) is 10.3 Å². The zero-order chi connectivity index (χ0) is 22.2. The summed E-state index contributed by atoms with van der Waals surface area (Å²) in [6, 6.07) is 18.6. The number of nitrogens with one attached hydrogen (secondary N) is 1. The molecule has 0 bridgehead atoms. The molecule has 0 aliphatic carbocycles. The van der Waals surface area contributed by atoms with Crippen molar-refractivity contribution < 1.29 is 19.8 Å². The van der Waals surface area contributed by atoms with Gasteiger partial charge in [-0.25, -0.2) is 14.6 Å². The minimum Gasteiger partial charge on any atom is -0.478 e. The Balaban J connectivity index is 0.000000293. The van der Waals surface area contributed by atoms with Crippen molar-refractivity contribution in [2.45, 2.75) is 0 Å². The maximum Gasteiger partial charge on any atom is 0.328 e. The van der Waals surface area contributed by atoms with E-state index in [0.717, 1.165) is 42.5 Å². The second-order valence-corrected chi connectivity index (χ2v) is 7.24.